The zero-order valence-electron chi connectivity index (χ0n) is 19.7. The number of rotatable bonds is 14. The van der Waals surface area contributed by atoms with Gasteiger partial charge in [-0.3, -0.25) is 9.20 Å². The summed E-state index contributed by atoms with van der Waals surface area (Å²) in [5.41, 5.74) is 2.47. The number of benzene rings is 1. The van der Waals surface area contributed by atoms with Crippen LogP contribution in [0, 0.1) is 12.8 Å². The van der Waals surface area contributed by atoms with Crippen LogP contribution < -0.4 is 10.1 Å². The average molecular weight is 442 g/mol. The first-order chi connectivity index (χ1) is 15.5. The van der Waals surface area contributed by atoms with Crippen molar-refractivity contribution in [2.45, 2.75) is 59.3 Å². The molecule has 3 aromatic rings. The smallest absolute Gasteiger partial charge is 0.204 e. The number of hydrogen-bond donors (Lipinski definition) is 1. The first-order valence-corrected chi connectivity index (χ1v) is 11.5. The molecule has 3 rings (SSSR count). The van der Waals surface area contributed by atoms with E-state index in [4.69, 9.17) is 14.5 Å². The summed E-state index contributed by atoms with van der Waals surface area (Å²) >= 11 is 0. The van der Waals surface area contributed by atoms with Crippen molar-refractivity contribution in [3.63, 3.8) is 0 Å². The number of nitrogens with one attached hydrogen (secondary N) is 1. The highest BCUT2D eigenvalue weighted by Gasteiger charge is 2.13. The zero-order chi connectivity index (χ0) is 22.9. The van der Waals surface area contributed by atoms with Gasteiger partial charge < -0.3 is 14.8 Å². The maximum absolute atomic E-state index is 11.9. The van der Waals surface area contributed by atoms with E-state index < -0.39 is 0 Å². The van der Waals surface area contributed by atoms with Gasteiger partial charge in [0.2, 0.25) is 5.65 Å². The van der Waals surface area contributed by atoms with Gasteiger partial charge >= 0.3 is 0 Å². The lowest BCUT2D eigenvalue weighted by Crippen LogP contribution is -2.08. The average Bonchev–Trinajstić information content (AvgIpc) is 3.16. The maximum Gasteiger partial charge on any atom is 0.204 e. The van der Waals surface area contributed by atoms with Gasteiger partial charge in [-0.05, 0) is 44.2 Å². The molecule has 0 aliphatic rings. The van der Waals surface area contributed by atoms with Crippen LogP contribution in [0.2, 0.25) is 0 Å². The third-order valence-electron chi connectivity index (χ3n) is 5.44. The van der Waals surface area contributed by atoms with Crippen LogP contribution in [0.5, 0.6) is 5.75 Å². The number of anilines is 1. The van der Waals surface area contributed by atoms with Gasteiger partial charge in [0, 0.05) is 32.6 Å². The molecular formula is C24H35N5O3. The summed E-state index contributed by atoms with van der Waals surface area (Å²) in [5, 5.41) is 12.0. The van der Waals surface area contributed by atoms with Crippen LogP contribution in [0.25, 0.3) is 16.7 Å². The number of aryl methyl sites for hydroxylation is 1. The molecule has 0 bridgehead atoms. The third-order valence-corrected chi connectivity index (χ3v) is 5.44. The number of carbonyl (C=O) groups excluding carboxylic acids is 1. The normalized spacial score (nSPS) is 11.5. The van der Waals surface area contributed by atoms with E-state index in [0.29, 0.717) is 49.2 Å². The highest BCUT2D eigenvalue weighted by atomic mass is 16.5. The quantitative estimate of drug-likeness (QED) is 0.366. The Bertz CT molecular complexity index is 1030. The summed E-state index contributed by atoms with van der Waals surface area (Å²) < 4.78 is 12.8. The lowest BCUT2D eigenvalue weighted by atomic mass is 10.0. The summed E-state index contributed by atoms with van der Waals surface area (Å²) in [5.74, 6) is 3.24. The summed E-state index contributed by atoms with van der Waals surface area (Å²) in [6.45, 7) is 8.03. The Morgan fingerprint density at radius 1 is 1.12 bits per heavy atom. The number of fused-ring (bicyclic) bond motifs is 3. The topological polar surface area (TPSA) is 90.6 Å². The van der Waals surface area contributed by atoms with Crippen LogP contribution in [0.15, 0.2) is 18.2 Å². The Balaban J connectivity index is 1.61. The van der Waals surface area contributed by atoms with Crippen LogP contribution >= 0.6 is 0 Å². The van der Waals surface area contributed by atoms with Gasteiger partial charge in [-0.25, -0.2) is 4.98 Å². The Labute approximate surface area is 189 Å². The molecule has 0 atom stereocenters. The van der Waals surface area contributed by atoms with E-state index in [2.05, 4.69) is 29.4 Å². The fourth-order valence-electron chi connectivity index (χ4n) is 3.61. The second kappa shape index (κ2) is 11.8. The Morgan fingerprint density at radius 2 is 1.97 bits per heavy atom. The monoisotopic (exact) mass is 441 g/mol. The molecule has 0 aliphatic heterocycles. The van der Waals surface area contributed by atoms with Crippen molar-refractivity contribution in [1.29, 1.82) is 0 Å². The van der Waals surface area contributed by atoms with Crippen molar-refractivity contribution in [3.05, 3.63) is 24.0 Å². The van der Waals surface area contributed by atoms with E-state index in [0.717, 1.165) is 54.8 Å². The van der Waals surface area contributed by atoms with Crippen molar-refractivity contribution in [2.75, 3.05) is 32.2 Å². The maximum atomic E-state index is 11.9. The molecule has 2 aromatic heterocycles. The summed E-state index contributed by atoms with van der Waals surface area (Å²) in [4.78, 5) is 16.7. The summed E-state index contributed by atoms with van der Waals surface area (Å²) in [6.07, 6.45) is 5.29. The van der Waals surface area contributed by atoms with Crippen LogP contribution in [-0.4, -0.2) is 52.2 Å². The van der Waals surface area contributed by atoms with Crippen LogP contribution in [-0.2, 0) is 9.53 Å². The molecule has 0 radical (unpaired) electrons. The van der Waals surface area contributed by atoms with Crippen LogP contribution in [0.3, 0.4) is 0 Å². The number of hydrogen-bond acceptors (Lipinski definition) is 7. The Kier molecular flexibility index (Phi) is 8.79. The fraction of sp³-hybridized carbons (Fsp3) is 0.583. The molecule has 0 saturated heterocycles. The number of nitrogens with zero attached hydrogens (tertiary/aromatic N) is 4. The lowest BCUT2D eigenvalue weighted by molar-refractivity contribution is -0.119. The van der Waals surface area contributed by atoms with Gasteiger partial charge in [0.25, 0.3) is 0 Å². The van der Waals surface area contributed by atoms with Crippen molar-refractivity contribution < 1.29 is 14.3 Å². The summed E-state index contributed by atoms with van der Waals surface area (Å²) in [6, 6.07) is 5.83. The van der Waals surface area contributed by atoms with Gasteiger partial charge in [0.1, 0.15) is 24.0 Å². The molecule has 32 heavy (non-hydrogen) atoms. The molecule has 0 unspecified atom stereocenters. The number of ketones is 1. The van der Waals surface area contributed by atoms with E-state index >= 15 is 0 Å². The largest absolute Gasteiger partial charge is 0.491 e. The van der Waals surface area contributed by atoms with Gasteiger partial charge in [-0.15, -0.1) is 10.2 Å². The van der Waals surface area contributed by atoms with Crippen molar-refractivity contribution in [2.24, 2.45) is 5.92 Å². The van der Waals surface area contributed by atoms with Crippen LogP contribution in [0.4, 0.5) is 5.82 Å². The molecule has 0 saturated carbocycles. The molecule has 174 valence electrons. The van der Waals surface area contributed by atoms with Gasteiger partial charge in [-0.1, -0.05) is 20.3 Å². The number of carbonyl (C=O) groups is 1. The lowest BCUT2D eigenvalue weighted by Gasteiger charge is -2.11. The first kappa shape index (κ1) is 23.9. The number of unbranched alkanes of at least 4 members (excludes halogenated alkanes) is 2. The molecule has 0 aliphatic carbocycles. The van der Waals surface area contributed by atoms with Gasteiger partial charge in [0.15, 0.2) is 5.82 Å². The van der Waals surface area contributed by atoms with Crippen molar-refractivity contribution >= 4 is 28.3 Å². The van der Waals surface area contributed by atoms with Crippen molar-refractivity contribution in [3.8, 4) is 5.75 Å². The molecule has 2 heterocycles. The van der Waals surface area contributed by atoms with Crippen LogP contribution in [0.1, 0.15) is 58.2 Å². The molecule has 1 N–H and O–H groups in total. The number of ether oxygens (including phenoxy) is 2. The highest BCUT2D eigenvalue weighted by molar-refractivity contribution is 5.84. The molecular weight excluding hydrogens is 406 g/mol. The Morgan fingerprint density at radius 3 is 2.75 bits per heavy atom. The second-order valence-electron chi connectivity index (χ2n) is 8.57. The SMILES string of the molecule is COCCOc1ccc2c(c1)nc(NCCCCCC(=O)CCC(C)C)c1nnc(C)n12. The Hall–Kier alpha value is -2.74. The van der Waals surface area contributed by atoms with E-state index in [1.54, 1.807) is 7.11 Å². The minimum Gasteiger partial charge on any atom is -0.491 e. The van der Waals surface area contributed by atoms with Gasteiger partial charge in [0.05, 0.1) is 17.6 Å². The van der Waals surface area contributed by atoms with Crippen molar-refractivity contribution in [1.82, 2.24) is 19.6 Å². The molecule has 1 aromatic carbocycles. The predicted molar refractivity (Wildman–Crippen MR) is 126 cm³/mol. The molecule has 8 heteroatoms. The third kappa shape index (κ3) is 6.38. The standard InChI is InChI=1S/C24H35N5O3/c1-17(2)9-10-19(30)8-6-5-7-13-25-23-24-28-27-18(3)29(24)22-12-11-20(16-21(22)26-23)32-15-14-31-4/h11-12,16-17H,5-10,13-15H2,1-4H3,(H,25,26). The second-order valence-corrected chi connectivity index (χ2v) is 8.57. The van der Waals surface area contributed by atoms with E-state index in [9.17, 15) is 4.79 Å². The number of Topliss-reactive ketones (excluding diaryl/α,β-unsaturated/α-hetero) is 1. The molecule has 0 amide bonds. The molecule has 0 spiro atoms. The number of aromatic nitrogens is 4. The molecule has 8 nitrogen and oxygen atoms in total. The first-order valence-electron chi connectivity index (χ1n) is 11.5. The predicted octanol–water partition coefficient (Wildman–Crippen LogP) is 4.59. The van der Waals surface area contributed by atoms with E-state index in [-0.39, 0.29) is 0 Å². The number of methoxy groups -OCH3 is 1. The highest BCUT2D eigenvalue weighted by Crippen LogP contribution is 2.25. The van der Waals surface area contributed by atoms with E-state index in [1.807, 2.05) is 29.5 Å². The minimum atomic E-state index is 0.382. The zero-order valence-corrected chi connectivity index (χ0v) is 19.7. The van der Waals surface area contributed by atoms with Gasteiger partial charge in [-0.2, -0.15) is 0 Å². The van der Waals surface area contributed by atoms with E-state index in [1.165, 1.54) is 0 Å². The minimum absolute atomic E-state index is 0.382. The summed E-state index contributed by atoms with van der Waals surface area (Å²) in [7, 11) is 1.65. The molecule has 0 fully saturated rings. The fourth-order valence-corrected chi connectivity index (χ4v) is 3.61.